The molecule has 1 heterocycles. The van der Waals surface area contributed by atoms with Crippen molar-refractivity contribution in [3.63, 3.8) is 0 Å². The maximum Gasteiger partial charge on any atom is 0.224 e. The second-order valence-corrected chi connectivity index (χ2v) is 9.79. The van der Waals surface area contributed by atoms with Crippen LogP contribution in [0, 0.1) is 0 Å². The zero-order valence-electron chi connectivity index (χ0n) is 21.6. The van der Waals surface area contributed by atoms with Crippen LogP contribution >= 0.6 is 0 Å². The molecule has 3 aromatic rings. The first-order chi connectivity index (χ1) is 18.0. The number of nitrogens with one attached hydrogen (secondary N) is 1. The van der Waals surface area contributed by atoms with Gasteiger partial charge >= 0.3 is 0 Å². The Morgan fingerprint density at radius 1 is 0.892 bits per heavy atom. The van der Waals surface area contributed by atoms with Crippen LogP contribution in [0.25, 0.3) is 11.1 Å². The molecule has 3 N–H and O–H groups in total. The minimum atomic E-state index is -0.0290. The third-order valence-corrected chi connectivity index (χ3v) is 6.88. The summed E-state index contributed by atoms with van der Waals surface area (Å²) in [6.45, 7) is 2.65. The van der Waals surface area contributed by atoms with Crippen LogP contribution in [-0.4, -0.2) is 43.3 Å². The van der Waals surface area contributed by atoms with Crippen molar-refractivity contribution >= 4 is 23.1 Å². The number of nitrogen functional groups attached to an aromatic ring is 1. The Labute approximate surface area is 219 Å². The number of amides is 1. The Hall–Kier alpha value is -3.48. The number of anilines is 2. The number of ether oxygens (including phenoxy) is 1. The minimum Gasteiger partial charge on any atom is -0.397 e. The maximum absolute atomic E-state index is 12.6. The lowest BCUT2D eigenvalue weighted by atomic mass is 9.98. The van der Waals surface area contributed by atoms with Crippen molar-refractivity contribution in [1.29, 1.82) is 0 Å². The summed E-state index contributed by atoms with van der Waals surface area (Å²) in [4.78, 5) is 27.0. The van der Waals surface area contributed by atoms with Gasteiger partial charge in [0.15, 0.2) is 5.78 Å². The summed E-state index contributed by atoms with van der Waals surface area (Å²) < 4.78 is 5.91. The van der Waals surface area contributed by atoms with Crippen LogP contribution in [0.5, 0.6) is 0 Å². The topological polar surface area (TPSA) is 84.7 Å². The number of para-hydroxylation sites is 2. The van der Waals surface area contributed by atoms with Crippen LogP contribution in [0.2, 0.25) is 0 Å². The number of unbranched alkanes of at least 4 members (excludes halogenated alkanes) is 3. The number of Topliss-reactive ketones (excluding diaryl/α,β-unsaturated/α-hetero) is 1. The highest BCUT2D eigenvalue weighted by molar-refractivity contribution is 5.96. The van der Waals surface area contributed by atoms with Gasteiger partial charge in [-0.3, -0.25) is 9.59 Å². The Morgan fingerprint density at radius 3 is 2.22 bits per heavy atom. The number of morpholine rings is 1. The number of ketones is 1. The molecule has 0 saturated carbocycles. The van der Waals surface area contributed by atoms with Crippen LogP contribution in [0.1, 0.15) is 60.6 Å². The van der Waals surface area contributed by atoms with Gasteiger partial charge in [-0.05, 0) is 48.7 Å². The first-order valence-corrected chi connectivity index (χ1v) is 13.2. The average molecular weight is 500 g/mol. The Bertz CT molecular complexity index is 1180. The summed E-state index contributed by atoms with van der Waals surface area (Å²) in [6.07, 6.45) is 4.57. The van der Waals surface area contributed by atoms with Crippen molar-refractivity contribution in [3.8, 4) is 11.1 Å². The molecule has 0 bridgehead atoms. The first kappa shape index (κ1) is 26.6. The Balaban J connectivity index is 1.16. The molecule has 1 amide bonds. The van der Waals surface area contributed by atoms with Gasteiger partial charge in [-0.1, -0.05) is 73.5 Å². The molecule has 4 rings (SSSR count). The molecular formula is C31H37N3O3. The van der Waals surface area contributed by atoms with Gasteiger partial charge in [-0.15, -0.1) is 0 Å². The monoisotopic (exact) mass is 499 g/mol. The van der Waals surface area contributed by atoms with Crippen LogP contribution < -0.4 is 11.1 Å². The van der Waals surface area contributed by atoms with E-state index in [1.807, 2.05) is 36.4 Å². The lowest BCUT2D eigenvalue weighted by Gasteiger charge is -2.30. The van der Waals surface area contributed by atoms with E-state index in [0.29, 0.717) is 24.2 Å². The smallest absolute Gasteiger partial charge is 0.224 e. The first-order valence-electron chi connectivity index (χ1n) is 13.2. The summed E-state index contributed by atoms with van der Waals surface area (Å²) in [6, 6.07) is 23.7. The van der Waals surface area contributed by atoms with E-state index in [-0.39, 0.29) is 17.8 Å². The number of benzene rings is 3. The van der Waals surface area contributed by atoms with Crippen molar-refractivity contribution in [1.82, 2.24) is 4.90 Å². The highest BCUT2D eigenvalue weighted by Gasteiger charge is 2.19. The molecule has 1 aliphatic heterocycles. The normalized spacial score (nSPS) is 15.9. The molecule has 1 aliphatic rings. The number of hydrogen-bond acceptors (Lipinski definition) is 5. The quantitative estimate of drug-likeness (QED) is 0.189. The minimum absolute atomic E-state index is 0.0290. The van der Waals surface area contributed by atoms with Crippen molar-refractivity contribution < 1.29 is 14.3 Å². The third kappa shape index (κ3) is 7.75. The lowest BCUT2D eigenvalue weighted by molar-refractivity contribution is -0.116. The Morgan fingerprint density at radius 2 is 1.54 bits per heavy atom. The summed E-state index contributed by atoms with van der Waals surface area (Å²) in [5.74, 6) is 0.136. The molecule has 0 spiro atoms. The summed E-state index contributed by atoms with van der Waals surface area (Å²) in [7, 11) is 2.12. The molecular weight excluding hydrogens is 462 g/mol. The average Bonchev–Trinajstić information content (AvgIpc) is 2.92. The largest absolute Gasteiger partial charge is 0.397 e. The number of likely N-dealkylation sites (N-methyl/N-ethyl adjacent to an activating group) is 1. The molecule has 194 valence electrons. The number of carbonyl (C=O) groups excluding carboxylic acids is 2. The van der Waals surface area contributed by atoms with Gasteiger partial charge in [0.1, 0.15) is 0 Å². The van der Waals surface area contributed by atoms with Gasteiger partial charge in [-0.25, -0.2) is 0 Å². The SMILES string of the molecule is CN1CCOC(c2ccc(-c3ccc(C(=O)CCCCCCC(=O)Nc4ccccc4N)cc3)cc2)C1. The maximum atomic E-state index is 12.6. The molecule has 1 saturated heterocycles. The van der Waals surface area contributed by atoms with Crippen LogP contribution in [0.15, 0.2) is 72.8 Å². The molecule has 0 aliphatic carbocycles. The van der Waals surface area contributed by atoms with Crippen LogP contribution in [0.3, 0.4) is 0 Å². The van der Waals surface area contributed by atoms with E-state index in [1.165, 1.54) is 5.56 Å². The van der Waals surface area contributed by atoms with E-state index in [4.69, 9.17) is 10.5 Å². The number of nitrogens with zero attached hydrogens (tertiary/aromatic N) is 1. The van der Waals surface area contributed by atoms with Gasteiger partial charge < -0.3 is 20.7 Å². The number of nitrogens with two attached hydrogens (primary N) is 1. The molecule has 0 aromatic heterocycles. The molecule has 1 atom stereocenters. The fraction of sp³-hybridized carbons (Fsp3) is 0.355. The van der Waals surface area contributed by atoms with Gasteiger partial charge in [-0.2, -0.15) is 0 Å². The van der Waals surface area contributed by atoms with E-state index in [0.717, 1.165) is 62.1 Å². The standard InChI is InChI=1S/C31H37N3O3/c1-34-20-21-37-30(22-34)26-18-14-24(15-19-26)23-12-16-25(17-13-23)29(35)10-4-2-3-5-11-31(36)33-28-9-7-6-8-27(28)32/h6-9,12-19,30H,2-5,10-11,20-22,32H2,1H3,(H,33,36). The van der Waals surface area contributed by atoms with E-state index in [2.05, 4.69) is 41.5 Å². The summed E-state index contributed by atoms with van der Waals surface area (Å²) in [5, 5.41) is 2.85. The zero-order valence-corrected chi connectivity index (χ0v) is 21.6. The van der Waals surface area contributed by atoms with Gasteiger partial charge in [0.05, 0.1) is 24.1 Å². The number of carbonyl (C=O) groups is 2. The Kier molecular flexibility index (Phi) is 9.46. The molecule has 3 aromatic carbocycles. The van der Waals surface area contributed by atoms with E-state index in [9.17, 15) is 9.59 Å². The molecule has 37 heavy (non-hydrogen) atoms. The summed E-state index contributed by atoms with van der Waals surface area (Å²) >= 11 is 0. The third-order valence-electron chi connectivity index (χ3n) is 6.88. The van der Waals surface area contributed by atoms with Gasteiger partial charge in [0.2, 0.25) is 5.91 Å². The molecule has 0 radical (unpaired) electrons. The molecule has 6 heteroatoms. The van der Waals surface area contributed by atoms with Crippen molar-refractivity contribution in [2.45, 2.75) is 44.6 Å². The van der Waals surface area contributed by atoms with E-state index < -0.39 is 0 Å². The second-order valence-electron chi connectivity index (χ2n) is 9.79. The van der Waals surface area contributed by atoms with Crippen molar-refractivity contribution in [2.24, 2.45) is 0 Å². The fourth-order valence-electron chi connectivity index (χ4n) is 4.61. The highest BCUT2D eigenvalue weighted by atomic mass is 16.5. The van der Waals surface area contributed by atoms with Crippen LogP contribution in [-0.2, 0) is 9.53 Å². The van der Waals surface area contributed by atoms with Gasteiger partial charge in [0, 0.05) is 31.5 Å². The van der Waals surface area contributed by atoms with Crippen molar-refractivity contribution in [2.75, 3.05) is 37.8 Å². The zero-order chi connectivity index (χ0) is 26.0. The second kappa shape index (κ2) is 13.2. The molecule has 6 nitrogen and oxygen atoms in total. The molecule has 1 unspecified atom stereocenters. The van der Waals surface area contributed by atoms with E-state index in [1.54, 1.807) is 12.1 Å². The fourth-order valence-corrected chi connectivity index (χ4v) is 4.61. The van der Waals surface area contributed by atoms with Gasteiger partial charge in [0.25, 0.3) is 0 Å². The van der Waals surface area contributed by atoms with Crippen molar-refractivity contribution in [3.05, 3.63) is 83.9 Å². The predicted molar refractivity (Wildman–Crippen MR) is 150 cm³/mol. The number of rotatable bonds is 11. The summed E-state index contributed by atoms with van der Waals surface area (Å²) in [5.41, 5.74) is 11.3. The lowest BCUT2D eigenvalue weighted by Crippen LogP contribution is -2.35. The van der Waals surface area contributed by atoms with Crippen LogP contribution in [0.4, 0.5) is 11.4 Å². The highest BCUT2D eigenvalue weighted by Crippen LogP contribution is 2.26. The van der Waals surface area contributed by atoms with E-state index >= 15 is 0 Å². The molecule has 1 fully saturated rings. The predicted octanol–water partition coefficient (Wildman–Crippen LogP) is 6.10. The number of hydrogen-bond donors (Lipinski definition) is 2.